The lowest BCUT2D eigenvalue weighted by atomic mass is 10.2. The fraction of sp³-hybridized carbons (Fsp3) is 0.375. The molecule has 3 aromatic rings. The van der Waals surface area contributed by atoms with Crippen molar-refractivity contribution in [1.82, 2.24) is 14.3 Å². The van der Waals surface area contributed by atoms with Gasteiger partial charge in [0.25, 0.3) is 5.91 Å². The molecule has 0 unspecified atom stereocenters. The van der Waals surface area contributed by atoms with Gasteiger partial charge in [0.05, 0.1) is 15.9 Å². The van der Waals surface area contributed by atoms with Crippen LogP contribution in [0.25, 0.3) is 11.0 Å². The topological polar surface area (TPSA) is 86.7 Å². The Morgan fingerprint density at radius 3 is 2.09 bits per heavy atom. The molecule has 1 amide bonds. The van der Waals surface area contributed by atoms with Crippen molar-refractivity contribution in [2.24, 2.45) is 0 Å². The summed E-state index contributed by atoms with van der Waals surface area (Å²) in [5, 5.41) is 0. The average molecular weight is 466 g/mol. The first-order valence-corrected chi connectivity index (χ1v) is 12.8. The minimum atomic E-state index is -3.54. The molecule has 172 valence electrons. The third kappa shape index (κ3) is 4.06. The molecule has 0 aliphatic carbocycles. The normalized spacial score (nSPS) is 17.6. The van der Waals surface area contributed by atoms with Gasteiger partial charge in [-0.05, 0) is 55.7 Å². The molecule has 0 atom stereocenters. The molecule has 5 rings (SSSR count). The van der Waals surface area contributed by atoms with Crippen LogP contribution in [0.3, 0.4) is 0 Å². The number of rotatable bonds is 3. The Morgan fingerprint density at radius 2 is 1.42 bits per heavy atom. The van der Waals surface area contributed by atoms with Crippen LogP contribution in [-0.2, 0) is 10.0 Å². The van der Waals surface area contributed by atoms with Gasteiger partial charge in [-0.2, -0.15) is 4.31 Å². The molecule has 0 radical (unpaired) electrons. The highest BCUT2D eigenvalue weighted by Gasteiger charge is 2.29. The molecular formula is C24H27N5O3S. The number of aromatic nitrogens is 2. The van der Waals surface area contributed by atoms with E-state index in [2.05, 4.69) is 0 Å². The standard InChI is InChI=1S/C24H27N5O3S/c1-27-14-7-17-29(23-22(27)25-20-8-3-4-9-21(20)26-23)24(30)18-10-12-19(13-11-18)33(31,32)28-15-5-2-6-16-28/h3-4,8-13H,2,5-7,14-17H2,1H3. The third-order valence-electron chi connectivity index (χ3n) is 6.33. The van der Waals surface area contributed by atoms with Crippen molar-refractivity contribution < 1.29 is 13.2 Å². The molecule has 3 heterocycles. The van der Waals surface area contributed by atoms with Crippen LogP contribution < -0.4 is 9.80 Å². The summed E-state index contributed by atoms with van der Waals surface area (Å²) in [6, 6.07) is 13.9. The smallest absolute Gasteiger partial charge is 0.259 e. The Balaban J connectivity index is 1.47. The Kier molecular flexibility index (Phi) is 5.76. The molecule has 0 bridgehead atoms. The fourth-order valence-corrected chi connectivity index (χ4v) is 5.99. The molecule has 2 aliphatic rings. The Bertz CT molecular complexity index is 1290. The van der Waals surface area contributed by atoms with Crippen molar-refractivity contribution in [2.45, 2.75) is 30.6 Å². The van der Waals surface area contributed by atoms with Crippen LogP contribution in [0.4, 0.5) is 11.6 Å². The lowest BCUT2D eigenvalue weighted by Gasteiger charge is -2.26. The van der Waals surface area contributed by atoms with Crippen LogP contribution in [0.5, 0.6) is 0 Å². The van der Waals surface area contributed by atoms with Gasteiger partial charge < -0.3 is 4.90 Å². The maximum atomic E-state index is 13.5. The van der Waals surface area contributed by atoms with E-state index < -0.39 is 10.0 Å². The van der Waals surface area contributed by atoms with Crippen molar-refractivity contribution in [3.8, 4) is 0 Å². The van der Waals surface area contributed by atoms with Gasteiger partial charge in [0, 0.05) is 38.8 Å². The molecule has 0 spiro atoms. The molecule has 2 aromatic carbocycles. The average Bonchev–Trinajstić information content (AvgIpc) is 3.01. The summed E-state index contributed by atoms with van der Waals surface area (Å²) in [5.74, 6) is 0.991. The van der Waals surface area contributed by atoms with Crippen molar-refractivity contribution in [3.05, 3.63) is 54.1 Å². The van der Waals surface area contributed by atoms with Gasteiger partial charge >= 0.3 is 0 Å². The summed E-state index contributed by atoms with van der Waals surface area (Å²) < 4.78 is 27.4. The van der Waals surface area contributed by atoms with Crippen LogP contribution in [0.2, 0.25) is 0 Å². The zero-order valence-electron chi connectivity index (χ0n) is 18.6. The van der Waals surface area contributed by atoms with E-state index in [1.54, 1.807) is 17.0 Å². The van der Waals surface area contributed by atoms with E-state index in [4.69, 9.17) is 9.97 Å². The highest BCUT2D eigenvalue weighted by Crippen LogP contribution is 2.31. The van der Waals surface area contributed by atoms with Gasteiger partial charge in [-0.3, -0.25) is 9.69 Å². The Morgan fingerprint density at radius 1 is 0.788 bits per heavy atom. The van der Waals surface area contributed by atoms with Crippen molar-refractivity contribution in [3.63, 3.8) is 0 Å². The Hall–Kier alpha value is -3.04. The maximum absolute atomic E-state index is 13.5. The molecule has 1 saturated heterocycles. The molecule has 1 fully saturated rings. The predicted octanol–water partition coefficient (Wildman–Crippen LogP) is 3.29. The predicted molar refractivity (Wildman–Crippen MR) is 128 cm³/mol. The molecule has 8 nitrogen and oxygen atoms in total. The first kappa shape index (κ1) is 21.8. The van der Waals surface area contributed by atoms with Gasteiger partial charge in [-0.1, -0.05) is 18.6 Å². The number of para-hydroxylation sites is 2. The molecule has 33 heavy (non-hydrogen) atoms. The Labute approximate surface area is 193 Å². The molecule has 1 aromatic heterocycles. The fourth-order valence-electron chi connectivity index (χ4n) is 4.47. The van der Waals surface area contributed by atoms with E-state index in [9.17, 15) is 13.2 Å². The monoisotopic (exact) mass is 465 g/mol. The summed E-state index contributed by atoms with van der Waals surface area (Å²) >= 11 is 0. The van der Waals surface area contributed by atoms with Crippen LogP contribution >= 0.6 is 0 Å². The lowest BCUT2D eigenvalue weighted by molar-refractivity contribution is 0.0986. The number of piperidine rings is 1. The minimum Gasteiger partial charge on any atom is -0.357 e. The number of sulfonamides is 1. The first-order valence-electron chi connectivity index (χ1n) is 11.4. The van der Waals surface area contributed by atoms with Gasteiger partial charge in [0.15, 0.2) is 11.6 Å². The highest BCUT2D eigenvalue weighted by molar-refractivity contribution is 7.89. The third-order valence-corrected chi connectivity index (χ3v) is 8.24. The minimum absolute atomic E-state index is 0.210. The largest absolute Gasteiger partial charge is 0.357 e. The molecular weight excluding hydrogens is 438 g/mol. The molecule has 2 aliphatic heterocycles. The van der Waals surface area contributed by atoms with Crippen molar-refractivity contribution >= 4 is 38.6 Å². The summed E-state index contributed by atoms with van der Waals surface area (Å²) in [6.07, 6.45) is 3.60. The van der Waals surface area contributed by atoms with Gasteiger partial charge in [0.2, 0.25) is 10.0 Å². The number of hydrogen-bond donors (Lipinski definition) is 0. The first-order chi connectivity index (χ1) is 15.9. The maximum Gasteiger partial charge on any atom is 0.259 e. The number of amides is 1. The van der Waals surface area contributed by atoms with Crippen LogP contribution in [0.1, 0.15) is 36.0 Å². The zero-order valence-corrected chi connectivity index (χ0v) is 19.5. The number of fused-ring (bicyclic) bond motifs is 2. The highest BCUT2D eigenvalue weighted by atomic mass is 32.2. The number of carbonyl (C=O) groups excluding carboxylic acids is 1. The SMILES string of the molecule is CN1CCCN(C(=O)c2ccc(S(=O)(=O)N3CCCCC3)cc2)c2nc3ccccc3nc21. The zero-order chi connectivity index (χ0) is 23.0. The van der Waals surface area contributed by atoms with Gasteiger partial charge in [-0.25, -0.2) is 18.4 Å². The van der Waals surface area contributed by atoms with E-state index >= 15 is 0 Å². The van der Waals surface area contributed by atoms with Crippen LogP contribution in [-0.4, -0.2) is 61.8 Å². The number of anilines is 2. The lowest BCUT2D eigenvalue weighted by Crippen LogP contribution is -2.35. The molecule has 0 N–H and O–H groups in total. The van der Waals surface area contributed by atoms with Crippen molar-refractivity contribution in [1.29, 1.82) is 0 Å². The quantitative estimate of drug-likeness (QED) is 0.590. The second-order valence-corrected chi connectivity index (χ2v) is 10.5. The second-order valence-electron chi connectivity index (χ2n) is 8.58. The number of hydrogen-bond acceptors (Lipinski definition) is 6. The van der Waals surface area contributed by atoms with E-state index in [0.717, 1.165) is 43.3 Å². The van der Waals surface area contributed by atoms with Gasteiger partial charge in [0.1, 0.15) is 0 Å². The van der Waals surface area contributed by atoms with E-state index in [1.807, 2.05) is 36.2 Å². The summed E-state index contributed by atoms with van der Waals surface area (Å²) in [5.41, 5.74) is 1.94. The van der Waals surface area contributed by atoms with Crippen molar-refractivity contribution in [2.75, 3.05) is 43.0 Å². The summed E-state index contributed by atoms with van der Waals surface area (Å²) in [6.45, 7) is 2.37. The van der Waals surface area contributed by atoms with Crippen LogP contribution in [0, 0.1) is 0 Å². The van der Waals surface area contributed by atoms with E-state index in [1.165, 1.54) is 16.4 Å². The van der Waals surface area contributed by atoms with E-state index in [0.29, 0.717) is 36.8 Å². The van der Waals surface area contributed by atoms with Crippen LogP contribution in [0.15, 0.2) is 53.4 Å². The number of carbonyl (C=O) groups is 1. The summed E-state index contributed by atoms with van der Waals surface area (Å²) in [7, 11) is -1.58. The molecule has 0 saturated carbocycles. The summed E-state index contributed by atoms with van der Waals surface area (Å²) in [4.78, 5) is 26.9. The molecule has 9 heteroatoms. The number of benzene rings is 2. The second kappa shape index (κ2) is 8.72. The van der Waals surface area contributed by atoms with E-state index in [-0.39, 0.29) is 10.8 Å². The van der Waals surface area contributed by atoms with Gasteiger partial charge in [-0.15, -0.1) is 0 Å². The number of nitrogens with zero attached hydrogens (tertiary/aromatic N) is 5.